The van der Waals surface area contributed by atoms with Crippen LogP contribution in [0.25, 0.3) is 0 Å². The summed E-state index contributed by atoms with van der Waals surface area (Å²) in [6.07, 6.45) is 2.30. The zero-order chi connectivity index (χ0) is 14.0. The molecule has 0 radical (unpaired) electrons. The minimum absolute atomic E-state index is 0.493. The molecular weight excluding hydrogens is 236 g/mol. The Balaban J connectivity index is 2.28. The van der Waals surface area contributed by atoms with Gasteiger partial charge in [-0.3, -0.25) is 0 Å². The minimum atomic E-state index is 0.493. The van der Waals surface area contributed by atoms with Gasteiger partial charge in [0, 0.05) is 37.2 Å². The maximum atomic E-state index is 4.89. The fourth-order valence-electron chi connectivity index (χ4n) is 2.83. The molecule has 4 nitrogen and oxygen atoms in total. The first-order chi connectivity index (χ1) is 9.00. The normalized spacial score (nSPS) is 17.0. The van der Waals surface area contributed by atoms with Crippen LogP contribution in [-0.4, -0.2) is 41.6 Å². The summed E-state index contributed by atoms with van der Waals surface area (Å²) in [6.45, 7) is 9.97. The van der Waals surface area contributed by atoms with Crippen LogP contribution in [0, 0.1) is 0 Å². The van der Waals surface area contributed by atoms with Gasteiger partial charge < -0.3 is 14.8 Å². The molecule has 1 unspecified atom stereocenters. The van der Waals surface area contributed by atoms with Gasteiger partial charge in [0.05, 0.1) is 5.69 Å². The first-order valence-corrected chi connectivity index (χ1v) is 7.46. The van der Waals surface area contributed by atoms with Gasteiger partial charge in [0.2, 0.25) is 0 Å². The van der Waals surface area contributed by atoms with Gasteiger partial charge in [-0.25, -0.2) is 4.98 Å². The van der Waals surface area contributed by atoms with Gasteiger partial charge in [-0.15, -0.1) is 0 Å². The quantitative estimate of drug-likeness (QED) is 0.885. The van der Waals surface area contributed by atoms with Crippen LogP contribution in [0.1, 0.15) is 56.4 Å². The van der Waals surface area contributed by atoms with Crippen LogP contribution in [0.2, 0.25) is 0 Å². The van der Waals surface area contributed by atoms with Gasteiger partial charge >= 0.3 is 0 Å². The van der Waals surface area contributed by atoms with Crippen molar-refractivity contribution < 1.29 is 0 Å². The average molecular weight is 264 g/mol. The molecule has 0 aliphatic carbocycles. The van der Waals surface area contributed by atoms with Gasteiger partial charge in [-0.05, 0) is 34.0 Å². The summed E-state index contributed by atoms with van der Waals surface area (Å²) >= 11 is 0. The molecule has 4 heteroatoms. The molecule has 0 aromatic carbocycles. The number of aromatic nitrogens is 2. The van der Waals surface area contributed by atoms with Gasteiger partial charge in [-0.1, -0.05) is 13.8 Å². The lowest BCUT2D eigenvalue weighted by Gasteiger charge is -2.24. The van der Waals surface area contributed by atoms with Crippen LogP contribution >= 0.6 is 0 Å². The number of nitrogens with one attached hydrogen (secondary N) is 1. The Labute approximate surface area is 117 Å². The summed E-state index contributed by atoms with van der Waals surface area (Å²) in [5.41, 5.74) is 2.74. The SMILES string of the molecule is CC(C)c1nc2c(n1C(C)CCN(C)C)CCNC2. The van der Waals surface area contributed by atoms with E-state index in [9.17, 15) is 0 Å². The number of nitrogens with zero attached hydrogens (tertiary/aromatic N) is 3. The molecule has 1 aliphatic heterocycles. The first-order valence-electron chi connectivity index (χ1n) is 7.46. The molecule has 0 saturated carbocycles. The maximum absolute atomic E-state index is 4.89. The van der Waals surface area contributed by atoms with Crippen molar-refractivity contribution in [1.82, 2.24) is 19.8 Å². The molecule has 108 valence electrons. The highest BCUT2D eigenvalue weighted by atomic mass is 15.1. The summed E-state index contributed by atoms with van der Waals surface area (Å²) in [6, 6.07) is 0.536. The Morgan fingerprint density at radius 2 is 2.05 bits per heavy atom. The van der Waals surface area contributed by atoms with Crippen molar-refractivity contribution in [2.75, 3.05) is 27.2 Å². The monoisotopic (exact) mass is 264 g/mol. The number of hydrogen-bond donors (Lipinski definition) is 1. The smallest absolute Gasteiger partial charge is 0.112 e. The number of rotatable bonds is 5. The summed E-state index contributed by atoms with van der Waals surface area (Å²) in [5.74, 6) is 1.76. The molecule has 19 heavy (non-hydrogen) atoms. The molecule has 0 amide bonds. The summed E-state index contributed by atoms with van der Waals surface area (Å²) in [5, 5.41) is 3.43. The molecule has 1 aliphatic rings. The summed E-state index contributed by atoms with van der Waals surface area (Å²) in [4.78, 5) is 7.15. The topological polar surface area (TPSA) is 33.1 Å². The lowest BCUT2D eigenvalue weighted by molar-refractivity contribution is 0.348. The predicted octanol–water partition coefficient (Wildman–Crippen LogP) is 2.16. The third-order valence-corrected chi connectivity index (χ3v) is 3.90. The van der Waals surface area contributed by atoms with Crippen LogP contribution in [0.4, 0.5) is 0 Å². The average Bonchev–Trinajstić information content (AvgIpc) is 2.75. The van der Waals surface area contributed by atoms with E-state index >= 15 is 0 Å². The van der Waals surface area contributed by atoms with E-state index in [1.807, 2.05) is 0 Å². The summed E-state index contributed by atoms with van der Waals surface area (Å²) in [7, 11) is 4.28. The van der Waals surface area contributed by atoms with E-state index < -0.39 is 0 Å². The molecule has 1 aromatic heterocycles. The van der Waals surface area contributed by atoms with Crippen molar-refractivity contribution in [2.24, 2.45) is 0 Å². The number of hydrogen-bond acceptors (Lipinski definition) is 3. The van der Waals surface area contributed by atoms with Crippen molar-refractivity contribution >= 4 is 0 Å². The van der Waals surface area contributed by atoms with E-state index in [4.69, 9.17) is 4.98 Å². The Kier molecular flexibility index (Phi) is 4.63. The van der Waals surface area contributed by atoms with Gasteiger partial charge in [0.15, 0.2) is 0 Å². The minimum Gasteiger partial charge on any atom is -0.329 e. The third-order valence-electron chi connectivity index (χ3n) is 3.90. The van der Waals surface area contributed by atoms with Crippen LogP contribution in [0.15, 0.2) is 0 Å². The lowest BCUT2D eigenvalue weighted by Crippen LogP contribution is -2.26. The van der Waals surface area contributed by atoms with E-state index in [1.54, 1.807) is 0 Å². The first kappa shape index (κ1) is 14.5. The molecular formula is C15H28N4. The van der Waals surface area contributed by atoms with E-state index in [0.717, 1.165) is 26.1 Å². The molecule has 1 atom stereocenters. The molecule has 0 spiro atoms. The molecule has 1 N–H and O–H groups in total. The molecule has 2 rings (SSSR count). The third kappa shape index (κ3) is 3.18. The zero-order valence-electron chi connectivity index (χ0n) is 13.0. The van der Waals surface area contributed by atoms with Crippen LogP contribution in [0.5, 0.6) is 0 Å². The van der Waals surface area contributed by atoms with Gasteiger partial charge in [0.1, 0.15) is 5.82 Å². The highest BCUT2D eigenvalue weighted by Crippen LogP contribution is 2.27. The highest BCUT2D eigenvalue weighted by Gasteiger charge is 2.23. The van der Waals surface area contributed by atoms with Gasteiger partial charge in [-0.2, -0.15) is 0 Å². The fourth-order valence-corrected chi connectivity index (χ4v) is 2.83. The van der Waals surface area contributed by atoms with E-state index in [-0.39, 0.29) is 0 Å². The molecule has 0 bridgehead atoms. The Bertz CT molecular complexity index is 420. The van der Waals surface area contributed by atoms with Crippen LogP contribution < -0.4 is 5.32 Å². The molecule has 1 aromatic rings. The van der Waals surface area contributed by atoms with Crippen molar-refractivity contribution in [3.05, 3.63) is 17.2 Å². The second kappa shape index (κ2) is 6.06. The van der Waals surface area contributed by atoms with E-state index in [0.29, 0.717) is 12.0 Å². The largest absolute Gasteiger partial charge is 0.329 e. The number of imidazole rings is 1. The van der Waals surface area contributed by atoms with Crippen LogP contribution in [0.3, 0.4) is 0 Å². The Morgan fingerprint density at radius 3 is 2.68 bits per heavy atom. The number of fused-ring (bicyclic) bond motifs is 1. The van der Waals surface area contributed by atoms with Crippen molar-refractivity contribution in [2.45, 2.75) is 52.1 Å². The zero-order valence-corrected chi connectivity index (χ0v) is 13.0. The maximum Gasteiger partial charge on any atom is 0.112 e. The van der Waals surface area contributed by atoms with E-state index in [2.05, 4.69) is 49.7 Å². The lowest BCUT2D eigenvalue weighted by atomic mass is 10.1. The second-order valence-electron chi connectivity index (χ2n) is 6.26. The predicted molar refractivity (Wildman–Crippen MR) is 79.6 cm³/mol. The highest BCUT2D eigenvalue weighted by molar-refractivity contribution is 5.22. The van der Waals surface area contributed by atoms with Crippen molar-refractivity contribution in [1.29, 1.82) is 0 Å². The Morgan fingerprint density at radius 1 is 1.32 bits per heavy atom. The standard InChI is InChI=1S/C15H28N4/c1-11(2)15-17-13-10-16-8-6-14(13)19(15)12(3)7-9-18(4)5/h11-12,16H,6-10H2,1-5H3. The second-order valence-corrected chi connectivity index (χ2v) is 6.26. The van der Waals surface area contributed by atoms with Gasteiger partial charge in [0.25, 0.3) is 0 Å². The van der Waals surface area contributed by atoms with Crippen molar-refractivity contribution in [3.8, 4) is 0 Å². The Hall–Kier alpha value is -0.870. The van der Waals surface area contributed by atoms with Crippen LogP contribution in [-0.2, 0) is 13.0 Å². The fraction of sp³-hybridized carbons (Fsp3) is 0.800. The molecule has 0 saturated heterocycles. The summed E-state index contributed by atoms with van der Waals surface area (Å²) < 4.78 is 2.52. The molecule has 2 heterocycles. The van der Waals surface area contributed by atoms with Crippen molar-refractivity contribution in [3.63, 3.8) is 0 Å². The molecule has 0 fully saturated rings. The van der Waals surface area contributed by atoms with E-state index in [1.165, 1.54) is 23.6 Å².